The van der Waals surface area contributed by atoms with Gasteiger partial charge in [0.2, 0.25) is 35.2 Å². The minimum absolute atomic E-state index is 0.0286. The summed E-state index contributed by atoms with van der Waals surface area (Å²) in [6.45, 7) is 3.52. The van der Waals surface area contributed by atoms with E-state index in [-0.39, 0.29) is 44.6 Å². The second-order valence-corrected chi connectivity index (χ2v) is 13.4. The Labute approximate surface area is 297 Å². The first-order chi connectivity index (χ1) is 23.7. The molecule has 1 aliphatic heterocycles. The molecule has 284 valence electrons. The van der Waals surface area contributed by atoms with Gasteiger partial charge in [0.05, 0.1) is 18.2 Å². The Morgan fingerprint density at radius 1 is 0.880 bits per heavy atom. The molecule has 3 unspecified atom stereocenters. The summed E-state index contributed by atoms with van der Waals surface area (Å²) in [5.41, 5.74) is 5.35. The minimum Gasteiger partial charge on any atom is -0.481 e. The van der Waals surface area contributed by atoms with E-state index in [0.717, 1.165) is 32.1 Å². The third-order valence-electron chi connectivity index (χ3n) is 8.14. The highest BCUT2D eigenvalue weighted by molar-refractivity contribution is 7.98. The number of amides is 4. The van der Waals surface area contributed by atoms with Crippen LogP contribution in [0.25, 0.3) is 0 Å². The van der Waals surface area contributed by atoms with Gasteiger partial charge in [-0.1, -0.05) is 25.7 Å². The Balaban J connectivity index is 3.44. The van der Waals surface area contributed by atoms with Gasteiger partial charge in [0.15, 0.2) is 5.96 Å². The fourth-order valence-electron chi connectivity index (χ4n) is 5.21. The van der Waals surface area contributed by atoms with Crippen molar-refractivity contribution in [2.24, 2.45) is 5.73 Å². The molecule has 1 heterocycles. The Bertz CT molecular complexity index is 1170. The van der Waals surface area contributed by atoms with E-state index >= 15 is 0 Å². The van der Waals surface area contributed by atoms with Crippen molar-refractivity contribution in [1.82, 2.24) is 31.9 Å². The van der Waals surface area contributed by atoms with E-state index in [1.165, 1.54) is 18.7 Å². The Morgan fingerprint density at radius 2 is 1.46 bits per heavy atom. The van der Waals surface area contributed by atoms with E-state index in [9.17, 15) is 43.8 Å². The number of carbonyl (C=O) groups is 7. The van der Waals surface area contributed by atoms with Crippen LogP contribution >= 0.6 is 11.8 Å². The van der Waals surface area contributed by atoms with Crippen molar-refractivity contribution in [3.63, 3.8) is 0 Å². The first-order valence-electron chi connectivity index (χ1n) is 17.2. The smallest absolute Gasteiger partial charge is 0.303 e. The molecule has 1 saturated heterocycles. The first-order valence-corrected chi connectivity index (χ1v) is 18.6. The maximum atomic E-state index is 13.7. The van der Waals surface area contributed by atoms with Crippen molar-refractivity contribution < 1.29 is 43.8 Å². The van der Waals surface area contributed by atoms with Gasteiger partial charge in [-0.3, -0.25) is 39.0 Å². The number of thioether (sulfide) groups is 1. The van der Waals surface area contributed by atoms with E-state index < -0.39 is 83.9 Å². The molecule has 0 aromatic carbocycles. The number of rotatable bonds is 11. The van der Waals surface area contributed by atoms with Crippen molar-refractivity contribution in [2.75, 3.05) is 25.1 Å². The quantitative estimate of drug-likeness (QED) is 0.0532. The zero-order valence-electron chi connectivity index (χ0n) is 29.3. The number of carboxylic acid groups (broad SMARTS) is 1. The summed E-state index contributed by atoms with van der Waals surface area (Å²) in [5, 5.41) is 42.7. The Morgan fingerprint density at radius 3 is 2.06 bits per heavy atom. The van der Waals surface area contributed by atoms with Gasteiger partial charge >= 0.3 is 5.97 Å². The molecule has 17 nitrogen and oxygen atoms in total. The maximum absolute atomic E-state index is 13.7. The van der Waals surface area contributed by atoms with Crippen molar-refractivity contribution in [2.45, 2.75) is 127 Å². The van der Waals surface area contributed by atoms with E-state index in [2.05, 4.69) is 31.9 Å². The zero-order chi connectivity index (χ0) is 37.6. The van der Waals surface area contributed by atoms with Crippen LogP contribution < -0.4 is 37.6 Å². The van der Waals surface area contributed by atoms with Gasteiger partial charge in [-0.05, 0) is 70.9 Å². The van der Waals surface area contributed by atoms with Crippen LogP contribution in [0.1, 0.15) is 90.9 Å². The van der Waals surface area contributed by atoms with Crippen LogP contribution in [0.4, 0.5) is 0 Å². The van der Waals surface area contributed by atoms with Crippen LogP contribution in [0.3, 0.4) is 0 Å². The van der Waals surface area contributed by atoms with Crippen LogP contribution in [0, 0.1) is 5.41 Å². The molecule has 11 N–H and O–H groups in total. The van der Waals surface area contributed by atoms with Gasteiger partial charge in [-0.25, -0.2) is 0 Å². The van der Waals surface area contributed by atoms with Gasteiger partial charge < -0.3 is 47.8 Å². The molecule has 1 rings (SSSR count). The number of carbonyl (C=O) groups excluding carboxylic acids is 6. The lowest BCUT2D eigenvalue weighted by molar-refractivity contribution is -0.140. The standard InChI is InChI=1S/C32H56N8O9S/c1-19-27(45)28(46)21(15-18-50-3)37-29(47)22(11-10-17-36-32(33)34)38-30(48)23(13-14-25(43)44)39-31(49)26(20(2)41)40-24(42)12-8-6-4-5-7-9-16-35-19/h19-23,26,35,41H,4-18H2,1-3H3,(H,37,47)(H,38,48)(H,39,49)(H,40,42)(H,43,44)(H4,33,34,36)/t19?,20-,21?,22+,23?,26+/m1/s1. The van der Waals surface area contributed by atoms with Gasteiger partial charge in [0.25, 0.3) is 0 Å². The van der Waals surface area contributed by atoms with Gasteiger partial charge in [0, 0.05) is 19.4 Å². The molecular formula is C32H56N8O9S. The lowest BCUT2D eigenvalue weighted by Gasteiger charge is -2.27. The average molecular weight is 729 g/mol. The molecule has 4 amide bonds. The average Bonchev–Trinajstić information content (AvgIpc) is 3.05. The lowest BCUT2D eigenvalue weighted by atomic mass is 10.00. The highest BCUT2D eigenvalue weighted by atomic mass is 32.2. The van der Waals surface area contributed by atoms with Crippen molar-refractivity contribution in [1.29, 1.82) is 5.41 Å². The summed E-state index contributed by atoms with van der Waals surface area (Å²) in [7, 11) is 0. The van der Waals surface area contributed by atoms with Crippen LogP contribution in [-0.4, -0.2) is 119 Å². The molecule has 0 aromatic rings. The van der Waals surface area contributed by atoms with Crippen LogP contribution in [0.15, 0.2) is 0 Å². The van der Waals surface area contributed by atoms with Gasteiger partial charge in [0.1, 0.15) is 18.1 Å². The molecule has 0 spiro atoms. The number of aliphatic hydroxyl groups excluding tert-OH is 1. The molecule has 0 aromatic heterocycles. The van der Waals surface area contributed by atoms with E-state index in [1.807, 2.05) is 6.26 Å². The Kier molecular flexibility index (Phi) is 21.6. The summed E-state index contributed by atoms with van der Waals surface area (Å²) < 4.78 is 0. The monoisotopic (exact) mass is 728 g/mol. The summed E-state index contributed by atoms with van der Waals surface area (Å²) >= 11 is 1.41. The van der Waals surface area contributed by atoms with Crippen LogP contribution in [0.5, 0.6) is 0 Å². The molecule has 1 fully saturated rings. The number of guanidine groups is 1. The number of hydrogen-bond donors (Lipinski definition) is 10. The van der Waals surface area contributed by atoms with Crippen molar-refractivity contribution in [3.05, 3.63) is 0 Å². The van der Waals surface area contributed by atoms with E-state index in [4.69, 9.17) is 11.1 Å². The largest absolute Gasteiger partial charge is 0.481 e. The molecule has 0 bridgehead atoms. The SMILES string of the molecule is CSCCC1NC(=O)[C@H](CCCNC(=N)N)NC(=O)C(CCC(=O)O)NC(=O)[C@H]([C@@H](C)O)NC(=O)CCCCCCCCNC(C)C(=O)C1=O. The summed E-state index contributed by atoms with van der Waals surface area (Å²) in [5.74, 6) is -5.73. The normalized spacial score (nSPS) is 25.2. The number of aliphatic hydroxyl groups is 1. The molecule has 6 atom stereocenters. The lowest BCUT2D eigenvalue weighted by Crippen LogP contribution is -2.59. The second kappa shape index (κ2) is 24.4. The molecule has 0 saturated carbocycles. The first kappa shape index (κ1) is 44.3. The molecule has 0 radical (unpaired) electrons. The molecule has 18 heteroatoms. The number of nitrogens with one attached hydrogen (secondary N) is 7. The molecular weight excluding hydrogens is 672 g/mol. The summed E-state index contributed by atoms with van der Waals surface area (Å²) in [4.78, 5) is 91.0. The Hall–Kier alpha value is -3.77. The van der Waals surface area contributed by atoms with E-state index in [0.29, 0.717) is 18.7 Å². The third kappa shape index (κ3) is 17.8. The predicted octanol–water partition coefficient (Wildman–Crippen LogP) is -0.952. The number of ketones is 2. The predicted molar refractivity (Wildman–Crippen MR) is 188 cm³/mol. The van der Waals surface area contributed by atoms with E-state index in [1.54, 1.807) is 6.92 Å². The van der Waals surface area contributed by atoms with Gasteiger partial charge in [-0.2, -0.15) is 11.8 Å². The van der Waals surface area contributed by atoms with Crippen LogP contribution in [-0.2, 0) is 33.6 Å². The number of nitrogens with two attached hydrogens (primary N) is 1. The summed E-state index contributed by atoms with van der Waals surface area (Å²) in [6.07, 6.45) is 4.60. The molecule has 0 aliphatic carbocycles. The number of hydrogen-bond acceptors (Lipinski definition) is 11. The van der Waals surface area contributed by atoms with Crippen molar-refractivity contribution >= 4 is 58.9 Å². The number of carboxylic acids is 1. The third-order valence-corrected chi connectivity index (χ3v) is 8.78. The molecule has 1 aliphatic rings. The fourth-order valence-corrected chi connectivity index (χ4v) is 5.68. The zero-order valence-corrected chi connectivity index (χ0v) is 30.1. The molecule has 50 heavy (non-hydrogen) atoms. The number of Topliss-reactive ketones (excluding diaryl/α,β-unsaturated/α-hetero) is 2. The van der Waals surface area contributed by atoms with Crippen molar-refractivity contribution in [3.8, 4) is 0 Å². The highest BCUT2D eigenvalue weighted by Gasteiger charge is 2.34. The number of aliphatic carboxylic acids is 1. The summed E-state index contributed by atoms with van der Waals surface area (Å²) in [6, 6.07) is -6.23. The topological polar surface area (TPSA) is 282 Å². The highest BCUT2D eigenvalue weighted by Crippen LogP contribution is 2.10. The minimum atomic E-state index is -1.49. The second-order valence-electron chi connectivity index (χ2n) is 12.4. The van der Waals surface area contributed by atoms with Crippen LogP contribution in [0.2, 0.25) is 0 Å². The fraction of sp³-hybridized carbons (Fsp3) is 0.750. The maximum Gasteiger partial charge on any atom is 0.303 e. The van der Waals surface area contributed by atoms with Gasteiger partial charge in [-0.15, -0.1) is 0 Å².